The van der Waals surface area contributed by atoms with Crippen molar-refractivity contribution in [2.45, 2.75) is 45.3 Å². The summed E-state index contributed by atoms with van der Waals surface area (Å²) in [5.41, 5.74) is 0.259. The largest absolute Gasteiger partial charge is 0.444 e. The van der Waals surface area contributed by atoms with Gasteiger partial charge in [0.1, 0.15) is 5.60 Å². The van der Waals surface area contributed by atoms with E-state index in [4.69, 9.17) is 16.3 Å². The summed E-state index contributed by atoms with van der Waals surface area (Å²) in [5.74, 6) is -0.0415. The molecule has 174 valence electrons. The molecule has 0 aliphatic carbocycles. The molecule has 1 unspecified atom stereocenters. The van der Waals surface area contributed by atoms with Crippen molar-refractivity contribution in [1.82, 2.24) is 4.90 Å². The molecule has 2 saturated heterocycles. The topological polar surface area (TPSA) is 93.0 Å². The second kappa shape index (κ2) is 8.33. The van der Waals surface area contributed by atoms with E-state index in [-0.39, 0.29) is 23.7 Å². The molecule has 4 rings (SSSR count). The summed E-state index contributed by atoms with van der Waals surface area (Å²) in [6.07, 6.45) is 0.628. The highest BCUT2D eigenvalue weighted by atomic mass is 35.5. The number of rotatable bonds is 3. The molecule has 0 saturated carbocycles. The van der Waals surface area contributed by atoms with Crippen LogP contribution in [0.2, 0.25) is 5.02 Å². The zero-order chi connectivity index (χ0) is 24.0. The lowest BCUT2D eigenvalue weighted by atomic mass is 9.62. The molecule has 0 aromatic heterocycles. The van der Waals surface area contributed by atoms with Crippen LogP contribution in [-0.4, -0.2) is 40.5 Å². The van der Waals surface area contributed by atoms with E-state index < -0.39 is 15.9 Å². The Kier molecular flexibility index (Phi) is 5.82. The number of nitro groups is 1. The van der Waals surface area contributed by atoms with E-state index in [9.17, 15) is 19.7 Å². The van der Waals surface area contributed by atoms with Crippen LogP contribution in [0, 0.1) is 15.5 Å². The Balaban J connectivity index is 1.61. The molecule has 0 radical (unpaired) electrons. The van der Waals surface area contributed by atoms with Crippen molar-refractivity contribution in [2.75, 3.05) is 18.0 Å². The fourth-order valence-corrected chi connectivity index (χ4v) is 4.80. The molecule has 2 fully saturated rings. The second-order valence-corrected chi connectivity index (χ2v) is 9.96. The SMILES string of the molecule is CC(C)(C)OC(=O)N1CCC2(CC1)C(=O)N(c1ccc([N+](=O)[O-])cc1)C2c1ccc(Cl)cc1. The summed E-state index contributed by atoms with van der Waals surface area (Å²) in [6.45, 7) is 6.30. The van der Waals surface area contributed by atoms with Crippen LogP contribution in [0.25, 0.3) is 0 Å². The average Bonchev–Trinajstić information content (AvgIpc) is 2.77. The van der Waals surface area contributed by atoms with Gasteiger partial charge in [-0.1, -0.05) is 23.7 Å². The Hall–Kier alpha value is -3.13. The number of piperidine rings is 1. The van der Waals surface area contributed by atoms with Gasteiger partial charge in [0.2, 0.25) is 5.91 Å². The third kappa shape index (κ3) is 4.27. The normalized spacial score (nSPS) is 19.9. The highest BCUT2D eigenvalue weighted by Gasteiger charge is 2.62. The van der Waals surface area contributed by atoms with Gasteiger partial charge in [-0.2, -0.15) is 0 Å². The number of amides is 2. The fourth-order valence-electron chi connectivity index (χ4n) is 4.67. The lowest BCUT2D eigenvalue weighted by Crippen LogP contribution is -2.67. The third-order valence-electron chi connectivity index (χ3n) is 6.26. The van der Waals surface area contributed by atoms with Gasteiger partial charge in [-0.15, -0.1) is 0 Å². The van der Waals surface area contributed by atoms with Crippen LogP contribution in [0.1, 0.15) is 45.2 Å². The number of anilines is 1. The number of nitro benzene ring substituents is 1. The number of non-ortho nitro benzene ring substituents is 1. The summed E-state index contributed by atoms with van der Waals surface area (Å²) in [4.78, 5) is 40.0. The lowest BCUT2D eigenvalue weighted by molar-refractivity contribution is -0.384. The van der Waals surface area contributed by atoms with Gasteiger partial charge in [-0.3, -0.25) is 14.9 Å². The van der Waals surface area contributed by atoms with E-state index in [1.165, 1.54) is 12.1 Å². The van der Waals surface area contributed by atoms with Crippen molar-refractivity contribution in [3.63, 3.8) is 0 Å². The predicted octanol–water partition coefficient (Wildman–Crippen LogP) is 5.35. The molecule has 1 atom stereocenters. The maximum Gasteiger partial charge on any atom is 0.410 e. The minimum Gasteiger partial charge on any atom is -0.444 e. The van der Waals surface area contributed by atoms with Gasteiger partial charge < -0.3 is 14.5 Å². The first-order chi connectivity index (χ1) is 15.5. The Morgan fingerprint density at radius 3 is 2.18 bits per heavy atom. The van der Waals surface area contributed by atoms with Crippen LogP contribution in [0.4, 0.5) is 16.2 Å². The second-order valence-electron chi connectivity index (χ2n) is 9.53. The highest BCUT2D eigenvalue weighted by molar-refractivity contribution is 6.30. The average molecular weight is 472 g/mol. The molecule has 33 heavy (non-hydrogen) atoms. The van der Waals surface area contributed by atoms with Gasteiger partial charge in [0.15, 0.2) is 0 Å². The molecule has 2 heterocycles. The highest BCUT2D eigenvalue weighted by Crippen LogP contribution is 2.57. The molecular weight excluding hydrogens is 446 g/mol. The molecule has 2 amide bonds. The number of hydrogen-bond donors (Lipinski definition) is 0. The van der Waals surface area contributed by atoms with Crippen LogP contribution in [-0.2, 0) is 9.53 Å². The first-order valence-electron chi connectivity index (χ1n) is 10.8. The maximum atomic E-state index is 13.5. The van der Waals surface area contributed by atoms with Gasteiger partial charge in [0.05, 0.1) is 16.4 Å². The minimum absolute atomic E-state index is 0.0323. The van der Waals surface area contributed by atoms with Gasteiger partial charge in [-0.05, 0) is 63.4 Å². The number of carbonyl (C=O) groups is 2. The Labute approximate surface area is 197 Å². The molecule has 2 aliphatic heterocycles. The standard InChI is InChI=1S/C24H26ClN3O5/c1-23(2,3)33-22(30)26-14-12-24(13-15-26)20(16-4-6-17(25)7-5-16)27(21(24)29)18-8-10-19(11-9-18)28(31)32/h4-11,20H,12-15H2,1-3H3. The maximum absolute atomic E-state index is 13.5. The van der Waals surface area contributed by atoms with Crippen LogP contribution in [0.15, 0.2) is 48.5 Å². The van der Waals surface area contributed by atoms with Crippen molar-refractivity contribution < 1.29 is 19.2 Å². The van der Waals surface area contributed by atoms with Crippen molar-refractivity contribution in [3.05, 3.63) is 69.2 Å². The summed E-state index contributed by atoms with van der Waals surface area (Å²) >= 11 is 6.09. The van der Waals surface area contributed by atoms with Crippen molar-refractivity contribution >= 4 is 35.0 Å². The molecule has 9 heteroatoms. The molecule has 0 bridgehead atoms. The first-order valence-corrected chi connectivity index (χ1v) is 11.2. The van der Waals surface area contributed by atoms with E-state index in [1.807, 2.05) is 32.9 Å². The number of β-lactam (4-membered cyclic amide) rings is 1. The summed E-state index contributed by atoms with van der Waals surface area (Å²) in [7, 11) is 0. The molecule has 2 aromatic rings. The van der Waals surface area contributed by atoms with Crippen molar-refractivity contribution in [1.29, 1.82) is 0 Å². The van der Waals surface area contributed by atoms with E-state index in [2.05, 4.69) is 0 Å². The quantitative estimate of drug-likeness (QED) is 0.341. The number of ether oxygens (including phenoxy) is 1. The van der Waals surface area contributed by atoms with Crippen LogP contribution >= 0.6 is 11.6 Å². The van der Waals surface area contributed by atoms with Gasteiger partial charge in [-0.25, -0.2) is 4.79 Å². The molecule has 8 nitrogen and oxygen atoms in total. The molecular formula is C24H26ClN3O5. The van der Waals surface area contributed by atoms with E-state index in [0.29, 0.717) is 36.6 Å². The zero-order valence-corrected chi connectivity index (χ0v) is 19.5. The van der Waals surface area contributed by atoms with Crippen LogP contribution < -0.4 is 4.90 Å². The fraction of sp³-hybridized carbons (Fsp3) is 0.417. The number of carbonyl (C=O) groups excluding carboxylic acids is 2. The number of nitrogens with zero attached hydrogens (tertiary/aromatic N) is 3. The molecule has 0 N–H and O–H groups in total. The van der Waals surface area contributed by atoms with Gasteiger partial charge in [0.25, 0.3) is 5.69 Å². The predicted molar refractivity (Wildman–Crippen MR) is 124 cm³/mol. The van der Waals surface area contributed by atoms with E-state index >= 15 is 0 Å². The van der Waals surface area contributed by atoms with Crippen molar-refractivity contribution in [2.24, 2.45) is 5.41 Å². The molecule has 1 spiro atoms. The number of halogens is 1. The van der Waals surface area contributed by atoms with E-state index in [1.54, 1.807) is 34.1 Å². The number of benzene rings is 2. The third-order valence-corrected chi connectivity index (χ3v) is 6.51. The summed E-state index contributed by atoms with van der Waals surface area (Å²) in [6, 6.07) is 13.1. The minimum atomic E-state index is -0.659. The first kappa shape index (κ1) is 23.0. The van der Waals surface area contributed by atoms with Gasteiger partial charge in [0, 0.05) is 35.9 Å². The molecule has 2 aromatic carbocycles. The lowest BCUT2D eigenvalue weighted by Gasteiger charge is -2.58. The number of hydrogen-bond acceptors (Lipinski definition) is 5. The van der Waals surface area contributed by atoms with E-state index in [0.717, 1.165) is 5.56 Å². The summed E-state index contributed by atoms with van der Waals surface area (Å²) in [5, 5.41) is 11.6. The van der Waals surface area contributed by atoms with Crippen molar-refractivity contribution in [3.8, 4) is 0 Å². The Morgan fingerprint density at radius 1 is 1.09 bits per heavy atom. The van der Waals surface area contributed by atoms with Crippen LogP contribution in [0.5, 0.6) is 0 Å². The smallest absolute Gasteiger partial charge is 0.410 e. The van der Waals surface area contributed by atoms with Crippen LogP contribution in [0.3, 0.4) is 0 Å². The number of likely N-dealkylation sites (tertiary alicyclic amines) is 1. The monoisotopic (exact) mass is 471 g/mol. The molecule has 2 aliphatic rings. The Morgan fingerprint density at radius 2 is 1.67 bits per heavy atom. The Bertz CT molecular complexity index is 1070. The van der Waals surface area contributed by atoms with Gasteiger partial charge >= 0.3 is 6.09 Å². The summed E-state index contributed by atoms with van der Waals surface area (Å²) < 4.78 is 5.49. The zero-order valence-electron chi connectivity index (χ0n) is 18.8.